The zero-order chi connectivity index (χ0) is 19.4. The molecule has 1 saturated heterocycles. The Morgan fingerprint density at radius 2 is 1.67 bits per heavy atom. The van der Waals surface area contributed by atoms with Gasteiger partial charge in [-0.1, -0.05) is 28.1 Å². The topological polar surface area (TPSA) is 95.9 Å². The molecule has 9 heteroatoms. The van der Waals surface area contributed by atoms with Gasteiger partial charge in [-0.2, -0.15) is 8.42 Å². The molecule has 0 spiro atoms. The predicted molar refractivity (Wildman–Crippen MR) is 107 cm³/mol. The van der Waals surface area contributed by atoms with Gasteiger partial charge < -0.3 is 15.0 Å². The van der Waals surface area contributed by atoms with Crippen LogP contribution in [0, 0.1) is 0 Å². The Morgan fingerprint density at radius 3 is 2.22 bits per heavy atom. The van der Waals surface area contributed by atoms with E-state index in [-0.39, 0.29) is 5.56 Å². The van der Waals surface area contributed by atoms with Gasteiger partial charge in [0.2, 0.25) is 5.91 Å². The van der Waals surface area contributed by atoms with Crippen LogP contribution in [0.1, 0.15) is 10.8 Å². The third-order valence-electron chi connectivity index (χ3n) is 4.22. The highest BCUT2D eigenvalue weighted by atomic mass is 79.9. The summed E-state index contributed by atoms with van der Waals surface area (Å²) < 4.78 is 39.1. The van der Waals surface area contributed by atoms with Gasteiger partial charge >= 0.3 is 0 Å². The number of hydrogen-bond acceptors (Lipinski definition) is 5. The third kappa shape index (κ3) is 5.07. The maximum absolute atomic E-state index is 12.5. The second-order valence-electron chi connectivity index (χ2n) is 6.08. The van der Waals surface area contributed by atoms with Gasteiger partial charge in [-0.15, -0.1) is 0 Å². The fourth-order valence-electron chi connectivity index (χ4n) is 2.88. The molecule has 1 unspecified atom stereocenters. The molecule has 0 radical (unpaired) electrons. The number of carbonyl (C=O) groups excluding carboxylic acids is 1. The lowest BCUT2D eigenvalue weighted by molar-refractivity contribution is -0.116. The molecular weight excluding hydrogens is 436 g/mol. The van der Waals surface area contributed by atoms with Crippen LogP contribution < -0.4 is 10.2 Å². The zero-order valence-electron chi connectivity index (χ0n) is 14.3. The van der Waals surface area contributed by atoms with Crippen molar-refractivity contribution in [3.05, 3.63) is 58.6 Å². The molecule has 0 aromatic heterocycles. The van der Waals surface area contributed by atoms with Crippen LogP contribution in [0.25, 0.3) is 0 Å². The molecule has 0 aliphatic carbocycles. The van der Waals surface area contributed by atoms with Gasteiger partial charge in [0.1, 0.15) is 0 Å². The fourth-order valence-corrected chi connectivity index (χ4v) is 3.98. The predicted octanol–water partition coefficient (Wildman–Crippen LogP) is 2.85. The fraction of sp³-hybridized carbons (Fsp3) is 0.278. The SMILES string of the molecule is O=C(Nc1ccc(N2CCOCC2)cc1)C(c1ccc(Br)cc1)S(=O)(=O)O. The van der Waals surface area contributed by atoms with Crippen LogP contribution >= 0.6 is 15.9 Å². The molecular formula is C18H19BrN2O5S. The minimum absolute atomic E-state index is 0.183. The normalized spacial score (nSPS) is 16.0. The Bertz CT molecular complexity index is 894. The molecule has 1 fully saturated rings. The largest absolute Gasteiger partial charge is 0.378 e. The second kappa shape index (κ2) is 8.39. The van der Waals surface area contributed by atoms with Gasteiger partial charge in [0, 0.05) is 28.9 Å². The lowest BCUT2D eigenvalue weighted by Crippen LogP contribution is -2.36. The number of nitrogens with zero attached hydrogens (tertiary/aromatic N) is 1. The van der Waals surface area contributed by atoms with Crippen molar-refractivity contribution in [3.8, 4) is 0 Å². The van der Waals surface area contributed by atoms with Gasteiger partial charge in [0.05, 0.1) is 13.2 Å². The van der Waals surface area contributed by atoms with E-state index in [1.807, 2.05) is 12.1 Å². The first-order chi connectivity index (χ1) is 12.8. The number of ether oxygens (including phenoxy) is 1. The molecule has 1 atom stereocenters. The summed E-state index contributed by atoms with van der Waals surface area (Å²) in [5.41, 5.74) is 1.63. The van der Waals surface area contributed by atoms with E-state index in [4.69, 9.17) is 4.74 Å². The molecule has 1 aliphatic heterocycles. The number of hydrogen-bond donors (Lipinski definition) is 2. The summed E-state index contributed by atoms with van der Waals surface area (Å²) in [5, 5.41) is 0.855. The Kier molecular flexibility index (Phi) is 6.15. The summed E-state index contributed by atoms with van der Waals surface area (Å²) in [7, 11) is -4.62. The van der Waals surface area contributed by atoms with Gasteiger partial charge in [-0.25, -0.2) is 0 Å². The van der Waals surface area contributed by atoms with E-state index in [2.05, 4.69) is 26.1 Å². The number of rotatable bonds is 5. The van der Waals surface area contributed by atoms with Gasteiger partial charge in [0.25, 0.3) is 10.1 Å². The summed E-state index contributed by atoms with van der Waals surface area (Å²) in [5.74, 6) is -0.820. The van der Waals surface area contributed by atoms with E-state index in [0.717, 1.165) is 23.2 Å². The Balaban J connectivity index is 1.76. The lowest BCUT2D eigenvalue weighted by atomic mass is 10.1. The van der Waals surface area contributed by atoms with Gasteiger partial charge in [-0.05, 0) is 42.0 Å². The first kappa shape index (κ1) is 19.8. The minimum Gasteiger partial charge on any atom is -0.378 e. The van der Waals surface area contributed by atoms with E-state index >= 15 is 0 Å². The van der Waals surface area contributed by atoms with Crippen molar-refractivity contribution < 1.29 is 22.5 Å². The monoisotopic (exact) mass is 454 g/mol. The van der Waals surface area contributed by atoms with Crippen molar-refractivity contribution in [2.45, 2.75) is 5.25 Å². The van der Waals surface area contributed by atoms with Crippen molar-refractivity contribution in [1.82, 2.24) is 0 Å². The van der Waals surface area contributed by atoms with Gasteiger partial charge in [0.15, 0.2) is 5.25 Å². The standard InChI is InChI=1S/C18H19BrN2O5S/c19-14-3-1-13(2-4-14)17(27(23,24)25)18(22)20-15-5-7-16(8-6-15)21-9-11-26-12-10-21/h1-8,17H,9-12H2,(H,20,22)(H,23,24,25). The average Bonchev–Trinajstić information content (AvgIpc) is 2.64. The number of benzene rings is 2. The first-order valence-electron chi connectivity index (χ1n) is 8.30. The Labute approximate surface area is 166 Å². The Morgan fingerprint density at radius 1 is 1.07 bits per heavy atom. The number of carbonyl (C=O) groups is 1. The minimum atomic E-state index is -4.62. The number of amides is 1. The molecule has 27 heavy (non-hydrogen) atoms. The van der Waals surface area contributed by atoms with Crippen LogP contribution in [0.4, 0.5) is 11.4 Å². The molecule has 3 rings (SSSR count). The maximum atomic E-state index is 12.5. The smallest absolute Gasteiger partial charge is 0.281 e. The molecule has 7 nitrogen and oxygen atoms in total. The van der Waals surface area contributed by atoms with Crippen molar-refractivity contribution in [1.29, 1.82) is 0 Å². The summed E-state index contributed by atoms with van der Waals surface area (Å²) in [6.45, 7) is 2.92. The molecule has 2 N–H and O–H groups in total. The molecule has 144 valence electrons. The molecule has 0 saturated carbocycles. The van der Waals surface area contributed by atoms with E-state index in [1.165, 1.54) is 12.1 Å². The van der Waals surface area contributed by atoms with Crippen LogP contribution in [-0.4, -0.2) is 45.2 Å². The molecule has 1 heterocycles. The van der Waals surface area contributed by atoms with E-state index in [1.54, 1.807) is 24.3 Å². The highest BCUT2D eigenvalue weighted by Crippen LogP contribution is 2.26. The third-order valence-corrected chi connectivity index (χ3v) is 5.83. The van der Waals surface area contributed by atoms with Crippen LogP contribution in [0.15, 0.2) is 53.0 Å². The summed E-state index contributed by atoms with van der Waals surface area (Å²) in [4.78, 5) is 14.7. The molecule has 2 aromatic carbocycles. The number of morpholine rings is 1. The molecule has 2 aromatic rings. The van der Waals surface area contributed by atoms with Crippen molar-refractivity contribution in [2.24, 2.45) is 0 Å². The van der Waals surface area contributed by atoms with Crippen molar-refractivity contribution in [3.63, 3.8) is 0 Å². The van der Waals surface area contributed by atoms with Gasteiger partial charge in [-0.3, -0.25) is 9.35 Å². The Hall–Kier alpha value is -1.94. The van der Waals surface area contributed by atoms with E-state index in [0.29, 0.717) is 18.9 Å². The zero-order valence-corrected chi connectivity index (χ0v) is 16.7. The maximum Gasteiger partial charge on any atom is 0.281 e. The number of halogens is 1. The summed E-state index contributed by atoms with van der Waals surface area (Å²) in [6, 6.07) is 13.3. The van der Waals surface area contributed by atoms with Crippen LogP contribution in [0.5, 0.6) is 0 Å². The number of nitrogens with one attached hydrogen (secondary N) is 1. The van der Waals surface area contributed by atoms with E-state index in [9.17, 15) is 17.8 Å². The number of anilines is 2. The van der Waals surface area contributed by atoms with Crippen LogP contribution in [0.3, 0.4) is 0 Å². The van der Waals surface area contributed by atoms with Crippen LogP contribution in [0.2, 0.25) is 0 Å². The van der Waals surface area contributed by atoms with E-state index < -0.39 is 21.3 Å². The molecule has 1 amide bonds. The highest BCUT2D eigenvalue weighted by Gasteiger charge is 2.33. The summed E-state index contributed by atoms with van der Waals surface area (Å²) in [6.07, 6.45) is 0. The average molecular weight is 455 g/mol. The highest BCUT2D eigenvalue weighted by molar-refractivity contribution is 9.10. The quantitative estimate of drug-likeness (QED) is 0.674. The summed E-state index contributed by atoms with van der Waals surface area (Å²) >= 11 is 3.25. The first-order valence-corrected chi connectivity index (χ1v) is 10.6. The second-order valence-corrected chi connectivity index (χ2v) is 8.50. The molecule has 0 bridgehead atoms. The van der Waals surface area contributed by atoms with Crippen molar-refractivity contribution in [2.75, 3.05) is 36.5 Å². The molecule has 1 aliphatic rings. The van der Waals surface area contributed by atoms with Crippen molar-refractivity contribution >= 4 is 43.3 Å². The lowest BCUT2D eigenvalue weighted by Gasteiger charge is -2.29. The van der Waals surface area contributed by atoms with Crippen LogP contribution in [-0.2, 0) is 19.6 Å².